The van der Waals surface area contributed by atoms with Crippen LogP contribution in [-0.2, 0) is 4.74 Å². The van der Waals surface area contributed by atoms with Crippen molar-refractivity contribution in [2.75, 3.05) is 6.54 Å². The fourth-order valence-corrected chi connectivity index (χ4v) is 5.02. The highest BCUT2D eigenvalue weighted by atomic mass is 16.5. The van der Waals surface area contributed by atoms with Crippen molar-refractivity contribution in [2.24, 2.45) is 11.3 Å². The van der Waals surface area contributed by atoms with Crippen molar-refractivity contribution in [2.45, 2.75) is 70.6 Å². The Morgan fingerprint density at radius 2 is 2.22 bits per heavy atom. The highest BCUT2D eigenvalue weighted by Gasteiger charge is 2.57. The lowest BCUT2D eigenvalue weighted by molar-refractivity contribution is -0.163. The van der Waals surface area contributed by atoms with E-state index in [2.05, 4.69) is 24.8 Å². The van der Waals surface area contributed by atoms with E-state index >= 15 is 0 Å². The molecule has 2 bridgehead atoms. The monoisotopic (exact) mass is 247 g/mol. The lowest BCUT2D eigenvalue weighted by Crippen LogP contribution is -2.54. The molecule has 3 heterocycles. The van der Waals surface area contributed by atoms with Gasteiger partial charge in [-0.1, -0.05) is 19.9 Å². The third-order valence-electron chi connectivity index (χ3n) is 5.84. The van der Waals surface area contributed by atoms with E-state index in [1.165, 1.54) is 44.9 Å². The number of hydrogen-bond acceptors (Lipinski definition) is 2. The summed E-state index contributed by atoms with van der Waals surface area (Å²) < 4.78 is 6.44. The van der Waals surface area contributed by atoms with Crippen LogP contribution in [-0.4, -0.2) is 23.3 Å². The molecule has 1 spiro atoms. The molecule has 1 aliphatic carbocycles. The van der Waals surface area contributed by atoms with Crippen LogP contribution in [0, 0.1) is 11.3 Å². The van der Waals surface area contributed by atoms with E-state index in [1.807, 2.05) is 0 Å². The van der Waals surface area contributed by atoms with E-state index in [0.29, 0.717) is 11.5 Å². The first-order valence-electron chi connectivity index (χ1n) is 7.77. The van der Waals surface area contributed by atoms with E-state index in [4.69, 9.17) is 4.74 Å². The van der Waals surface area contributed by atoms with Crippen LogP contribution in [0.2, 0.25) is 0 Å². The lowest BCUT2D eigenvalue weighted by atomic mass is 9.68. The van der Waals surface area contributed by atoms with Crippen molar-refractivity contribution in [3.63, 3.8) is 0 Å². The van der Waals surface area contributed by atoms with Crippen LogP contribution >= 0.6 is 0 Å². The van der Waals surface area contributed by atoms with Gasteiger partial charge in [0, 0.05) is 17.7 Å². The highest BCUT2D eigenvalue weighted by Crippen LogP contribution is 2.57. The van der Waals surface area contributed by atoms with Gasteiger partial charge in [-0.15, -0.1) is 0 Å². The van der Waals surface area contributed by atoms with Gasteiger partial charge in [0.25, 0.3) is 0 Å². The molecule has 0 aromatic heterocycles. The van der Waals surface area contributed by atoms with E-state index in [-0.39, 0.29) is 5.72 Å². The smallest absolute Gasteiger partial charge is 0.141 e. The van der Waals surface area contributed by atoms with Crippen LogP contribution in [0.25, 0.3) is 0 Å². The van der Waals surface area contributed by atoms with Crippen LogP contribution < -0.4 is 0 Å². The first-order chi connectivity index (χ1) is 8.61. The van der Waals surface area contributed by atoms with Crippen molar-refractivity contribution in [3.8, 4) is 0 Å². The van der Waals surface area contributed by atoms with Crippen LogP contribution in [0.3, 0.4) is 0 Å². The molecule has 0 aromatic carbocycles. The highest BCUT2D eigenvalue weighted by molar-refractivity contribution is 5.23. The number of fused-ring (bicyclic) bond motifs is 3. The molecule has 4 aliphatic rings. The van der Waals surface area contributed by atoms with Crippen molar-refractivity contribution < 1.29 is 4.74 Å². The Bertz CT molecular complexity index is 404. The van der Waals surface area contributed by atoms with E-state index < -0.39 is 0 Å². The Morgan fingerprint density at radius 1 is 1.33 bits per heavy atom. The fraction of sp³-hybridized carbons (Fsp3) is 0.875. The van der Waals surface area contributed by atoms with Crippen molar-refractivity contribution in [3.05, 3.63) is 11.8 Å². The second kappa shape index (κ2) is 3.53. The van der Waals surface area contributed by atoms with Gasteiger partial charge in [-0.25, -0.2) is 0 Å². The summed E-state index contributed by atoms with van der Waals surface area (Å²) in [4.78, 5) is 2.68. The van der Waals surface area contributed by atoms with Crippen molar-refractivity contribution in [1.29, 1.82) is 0 Å². The summed E-state index contributed by atoms with van der Waals surface area (Å²) >= 11 is 0. The first-order valence-corrected chi connectivity index (χ1v) is 7.77. The zero-order chi connectivity index (χ0) is 12.4. The minimum atomic E-state index is 0.0883. The maximum absolute atomic E-state index is 6.44. The van der Waals surface area contributed by atoms with Gasteiger partial charge in [0.05, 0.1) is 6.10 Å². The van der Waals surface area contributed by atoms with Gasteiger partial charge in [-0.05, 0) is 50.9 Å². The molecule has 0 aromatic rings. The summed E-state index contributed by atoms with van der Waals surface area (Å²) in [6, 6.07) is 0. The van der Waals surface area contributed by atoms with Gasteiger partial charge < -0.3 is 9.64 Å². The van der Waals surface area contributed by atoms with Crippen molar-refractivity contribution in [1.82, 2.24) is 4.90 Å². The molecule has 0 N–H and O–H groups in total. The molecular formula is C16H25NO. The van der Waals surface area contributed by atoms with Crippen LogP contribution in [0.1, 0.15) is 58.8 Å². The number of nitrogens with zero attached hydrogens (tertiary/aromatic N) is 1. The minimum absolute atomic E-state index is 0.0883. The molecule has 100 valence electrons. The standard InChI is InChI=1S/C16H25NO/c1-12-9-13-11-17-14-5-3-4-6-15(14,2)7-8-16(17,10-12)18-13/h5,12-13H,3-4,6-11H2,1-2H3/t12-,13+,15+,16-/m0/s1. The quantitative estimate of drug-likeness (QED) is 0.647. The minimum Gasteiger partial charge on any atom is -0.351 e. The average Bonchev–Trinajstić information content (AvgIpc) is 2.60. The second-order valence-electron chi connectivity index (χ2n) is 7.38. The van der Waals surface area contributed by atoms with Gasteiger partial charge in [-0.2, -0.15) is 0 Å². The first kappa shape index (κ1) is 11.3. The summed E-state index contributed by atoms with van der Waals surface area (Å²) in [7, 11) is 0. The Balaban J connectivity index is 1.74. The summed E-state index contributed by atoms with van der Waals surface area (Å²) in [5, 5.41) is 0. The van der Waals surface area contributed by atoms with Crippen LogP contribution in [0.5, 0.6) is 0 Å². The lowest BCUT2D eigenvalue weighted by Gasteiger charge is -2.54. The zero-order valence-electron chi connectivity index (χ0n) is 11.7. The number of ether oxygens (including phenoxy) is 1. The third-order valence-corrected chi connectivity index (χ3v) is 5.84. The molecule has 18 heavy (non-hydrogen) atoms. The summed E-state index contributed by atoms with van der Waals surface area (Å²) in [5.41, 5.74) is 2.18. The molecule has 3 fully saturated rings. The molecular weight excluding hydrogens is 222 g/mol. The number of hydrogen-bond donors (Lipinski definition) is 0. The molecule has 0 unspecified atom stereocenters. The second-order valence-corrected chi connectivity index (χ2v) is 7.38. The SMILES string of the molecule is C[C@H]1C[C@@H]2CN3C4=CCCC[C@]4(C)CC[C@@]3(C1)O2. The molecule has 2 nitrogen and oxygen atoms in total. The zero-order valence-corrected chi connectivity index (χ0v) is 11.7. The summed E-state index contributed by atoms with van der Waals surface area (Å²) in [5.74, 6) is 0.835. The van der Waals surface area contributed by atoms with Gasteiger partial charge >= 0.3 is 0 Å². The maximum Gasteiger partial charge on any atom is 0.141 e. The molecule has 4 atom stereocenters. The fourth-order valence-electron chi connectivity index (χ4n) is 5.02. The number of rotatable bonds is 0. The summed E-state index contributed by atoms with van der Waals surface area (Å²) in [6.45, 7) is 6.05. The molecule has 0 saturated carbocycles. The number of allylic oxidation sites excluding steroid dienone is 2. The largest absolute Gasteiger partial charge is 0.351 e. The van der Waals surface area contributed by atoms with Gasteiger partial charge in [0.15, 0.2) is 0 Å². The molecule has 0 radical (unpaired) electrons. The maximum atomic E-state index is 6.44. The molecule has 0 amide bonds. The summed E-state index contributed by atoms with van der Waals surface area (Å²) in [6.07, 6.45) is 12.2. The molecule has 4 rings (SSSR count). The van der Waals surface area contributed by atoms with Gasteiger partial charge in [-0.3, -0.25) is 0 Å². The molecule has 2 heteroatoms. The Labute approximate surface area is 110 Å². The van der Waals surface area contributed by atoms with E-state index in [9.17, 15) is 0 Å². The number of piperidine rings is 1. The van der Waals surface area contributed by atoms with Crippen LogP contribution in [0.4, 0.5) is 0 Å². The Kier molecular flexibility index (Phi) is 2.22. The van der Waals surface area contributed by atoms with Gasteiger partial charge in [0.1, 0.15) is 5.72 Å². The molecule has 3 aliphatic heterocycles. The van der Waals surface area contributed by atoms with Crippen LogP contribution in [0.15, 0.2) is 11.8 Å². The van der Waals surface area contributed by atoms with Crippen molar-refractivity contribution >= 4 is 0 Å². The Hall–Kier alpha value is -0.500. The molecule has 3 saturated heterocycles. The third kappa shape index (κ3) is 1.39. The van der Waals surface area contributed by atoms with E-state index in [1.54, 1.807) is 5.70 Å². The topological polar surface area (TPSA) is 12.5 Å². The average molecular weight is 247 g/mol. The predicted octanol–water partition coefficient (Wildman–Crippen LogP) is 3.68. The van der Waals surface area contributed by atoms with E-state index in [0.717, 1.165) is 12.5 Å². The normalized spacial score (nSPS) is 50.6. The van der Waals surface area contributed by atoms with Gasteiger partial charge in [0.2, 0.25) is 0 Å². The Morgan fingerprint density at radius 3 is 3.11 bits per heavy atom. The predicted molar refractivity (Wildman–Crippen MR) is 72.0 cm³/mol.